The Kier molecular flexibility index (Phi) is 4.11. The second-order valence-electron chi connectivity index (χ2n) is 4.69. The van der Waals surface area contributed by atoms with Gasteiger partial charge in [-0.25, -0.2) is 0 Å². The van der Waals surface area contributed by atoms with Crippen LogP contribution in [0.3, 0.4) is 0 Å². The van der Waals surface area contributed by atoms with Crippen molar-refractivity contribution >= 4 is 11.8 Å². The number of aliphatic hydroxyl groups is 1. The molecule has 1 nitrogen and oxygen atoms in total. The van der Waals surface area contributed by atoms with Gasteiger partial charge in [-0.2, -0.15) is 11.8 Å². The van der Waals surface area contributed by atoms with Crippen molar-refractivity contribution in [2.24, 2.45) is 5.92 Å². The van der Waals surface area contributed by atoms with Crippen LogP contribution < -0.4 is 0 Å². The molecule has 0 aliphatic heterocycles. The molecule has 0 radical (unpaired) electrons. The summed E-state index contributed by atoms with van der Waals surface area (Å²) in [6, 6.07) is 0. The summed E-state index contributed by atoms with van der Waals surface area (Å²) in [6.07, 6.45) is 4.47. The zero-order valence-electron chi connectivity index (χ0n) is 9.05. The molecule has 0 aromatic rings. The van der Waals surface area contributed by atoms with E-state index in [0.717, 1.165) is 24.5 Å². The third-order valence-corrected chi connectivity index (χ3v) is 4.86. The molecular weight excluding hydrogens is 180 g/mol. The van der Waals surface area contributed by atoms with Crippen LogP contribution >= 0.6 is 11.8 Å². The Labute approximate surface area is 86.3 Å². The monoisotopic (exact) mass is 202 g/mol. The summed E-state index contributed by atoms with van der Waals surface area (Å²) < 4.78 is 0. The molecule has 78 valence electrons. The topological polar surface area (TPSA) is 20.2 Å². The first-order valence-corrected chi connectivity index (χ1v) is 6.42. The Balaban J connectivity index is 2.24. The van der Waals surface area contributed by atoms with Gasteiger partial charge in [0.05, 0.1) is 5.60 Å². The van der Waals surface area contributed by atoms with Crippen LogP contribution in [0.5, 0.6) is 0 Å². The fourth-order valence-electron chi connectivity index (χ4n) is 1.66. The van der Waals surface area contributed by atoms with Gasteiger partial charge in [-0.15, -0.1) is 0 Å². The first-order valence-electron chi connectivity index (χ1n) is 5.37. The van der Waals surface area contributed by atoms with Crippen molar-refractivity contribution in [3.8, 4) is 0 Å². The highest BCUT2D eigenvalue weighted by Crippen LogP contribution is 2.34. The van der Waals surface area contributed by atoms with Crippen molar-refractivity contribution < 1.29 is 5.11 Å². The second-order valence-corrected chi connectivity index (χ2v) is 6.06. The second kappa shape index (κ2) is 4.70. The minimum atomic E-state index is -0.326. The van der Waals surface area contributed by atoms with Crippen molar-refractivity contribution in [2.75, 3.05) is 5.75 Å². The Morgan fingerprint density at radius 1 is 1.23 bits per heavy atom. The molecule has 1 atom stereocenters. The van der Waals surface area contributed by atoms with Gasteiger partial charge in [0.25, 0.3) is 0 Å². The fraction of sp³-hybridized carbons (Fsp3) is 1.00. The highest BCUT2D eigenvalue weighted by Gasteiger charge is 2.31. The van der Waals surface area contributed by atoms with Crippen LogP contribution in [0.4, 0.5) is 0 Å². The number of hydrogen-bond donors (Lipinski definition) is 1. The average Bonchev–Trinajstić information content (AvgIpc) is 2.48. The lowest BCUT2D eigenvalue weighted by molar-refractivity contribution is 0.0731. The van der Waals surface area contributed by atoms with Gasteiger partial charge in [0.1, 0.15) is 0 Å². The van der Waals surface area contributed by atoms with Crippen LogP contribution in [0.25, 0.3) is 0 Å². The maximum absolute atomic E-state index is 10.1. The summed E-state index contributed by atoms with van der Waals surface area (Å²) in [4.78, 5) is 0. The molecule has 0 heterocycles. The largest absolute Gasteiger partial charge is 0.389 e. The van der Waals surface area contributed by atoms with E-state index in [1.165, 1.54) is 12.8 Å². The number of thioether (sulfide) groups is 1. The van der Waals surface area contributed by atoms with Crippen molar-refractivity contribution in [1.82, 2.24) is 0 Å². The van der Waals surface area contributed by atoms with Gasteiger partial charge in [0, 0.05) is 11.0 Å². The summed E-state index contributed by atoms with van der Waals surface area (Å²) in [5, 5.41) is 10.8. The summed E-state index contributed by atoms with van der Waals surface area (Å²) in [5.74, 6) is 1.65. The average molecular weight is 202 g/mol. The van der Waals surface area contributed by atoms with Crippen LogP contribution in [0.15, 0.2) is 0 Å². The molecule has 0 aromatic heterocycles. The molecule has 0 bridgehead atoms. The third kappa shape index (κ3) is 3.51. The minimum absolute atomic E-state index is 0.326. The molecule has 1 aliphatic rings. The molecule has 1 unspecified atom stereocenters. The molecule has 0 spiro atoms. The summed E-state index contributed by atoms with van der Waals surface area (Å²) >= 11 is 1.93. The SMILES string of the molecule is CC(C)C(C)SCC1(O)CCCC1. The van der Waals surface area contributed by atoms with Crippen LogP contribution in [-0.4, -0.2) is 21.7 Å². The maximum atomic E-state index is 10.1. The van der Waals surface area contributed by atoms with E-state index in [2.05, 4.69) is 20.8 Å². The Hall–Kier alpha value is 0.310. The summed E-state index contributed by atoms with van der Waals surface area (Å²) in [5.41, 5.74) is -0.326. The lowest BCUT2D eigenvalue weighted by atomic mass is 10.1. The van der Waals surface area contributed by atoms with Gasteiger partial charge in [0.2, 0.25) is 0 Å². The highest BCUT2D eigenvalue weighted by atomic mass is 32.2. The fourth-order valence-corrected chi connectivity index (χ4v) is 2.90. The number of hydrogen-bond acceptors (Lipinski definition) is 2. The Morgan fingerprint density at radius 2 is 1.77 bits per heavy atom. The van der Waals surface area contributed by atoms with E-state index in [-0.39, 0.29) is 5.60 Å². The van der Waals surface area contributed by atoms with Gasteiger partial charge in [-0.05, 0) is 18.8 Å². The van der Waals surface area contributed by atoms with Crippen molar-refractivity contribution in [3.05, 3.63) is 0 Å². The molecule has 13 heavy (non-hydrogen) atoms. The summed E-state index contributed by atoms with van der Waals surface area (Å²) in [6.45, 7) is 6.75. The molecular formula is C11H22OS. The van der Waals surface area contributed by atoms with Gasteiger partial charge in [-0.3, -0.25) is 0 Å². The van der Waals surface area contributed by atoms with Gasteiger partial charge < -0.3 is 5.11 Å². The molecule has 1 saturated carbocycles. The van der Waals surface area contributed by atoms with E-state index in [1.807, 2.05) is 11.8 Å². The zero-order chi connectivity index (χ0) is 9.90. The number of rotatable bonds is 4. The normalized spacial score (nSPS) is 23.8. The van der Waals surface area contributed by atoms with E-state index < -0.39 is 0 Å². The first-order chi connectivity index (χ1) is 6.03. The van der Waals surface area contributed by atoms with Gasteiger partial charge in [0.15, 0.2) is 0 Å². The van der Waals surface area contributed by atoms with Crippen molar-refractivity contribution in [1.29, 1.82) is 0 Å². The smallest absolute Gasteiger partial charge is 0.0737 e. The van der Waals surface area contributed by atoms with Crippen molar-refractivity contribution in [3.63, 3.8) is 0 Å². The van der Waals surface area contributed by atoms with E-state index >= 15 is 0 Å². The standard InChI is InChI=1S/C11H22OS/c1-9(2)10(3)13-8-11(12)6-4-5-7-11/h9-10,12H,4-8H2,1-3H3. The molecule has 0 amide bonds. The van der Waals surface area contributed by atoms with E-state index in [4.69, 9.17) is 0 Å². The quantitative estimate of drug-likeness (QED) is 0.756. The maximum Gasteiger partial charge on any atom is 0.0737 e. The predicted octanol–water partition coefficient (Wildman–Crippen LogP) is 3.07. The predicted molar refractivity (Wildman–Crippen MR) is 60.2 cm³/mol. The third-order valence-electron chi connectivity index (χ3n) is 3.09. The van der Waals surface area contributed by atoms with E-state index in [0.29, 0.717) is 5.25 Å². The Bertz CT molecular complexity index is 150. The van der Waals surface area contributed by atoms with Crippen LogP contribution in [-0.2, 0) is 0 Å². The molecule has 0 aromatic carbocycles. The van der Waals surface area contributed by atoms with Crippen LogP contribution in [0, 0.1) is 5.92 Å². The van der Waals surface area contributed by atoms with E-state index in [9.17, 15) is 5.11 Å². The van der Waals surface area contributed by atoms with E-state index in [1.54, 1.807) is 0 Å². The lowest BCUT2D eigenvalue weighted by Gasteiger charge is -2.24. The van der Waals surface area contributed by atoms with Gasteiger partial charge >= 0.3 is 0 Å². The molecule has 1 rings (SSSR count). The highest BCUT2D eigenvalue weighted by molar-refractivity contribution is 7.99. The Morgan fingerprint density at radius 3 is 2.23 bits per heavy atom. The molecule has 1 aliphatic carbocycles. The molecule has 1 fully saturated rings. The zero-order valence-corrected chi connectivity index (χ0v) is 9.86. The molecule has 2 heteroatoms. The molecule has 1 N–H and O–H groups in total. The molecule has 0 saturated heterocycles. The van der Waals surface area contributed by atoms with Gasteiger partial charge in [-0.1, -0.05) is 33.6 Å². The lowest BCUT2D eigenvalue weighted by Crippen LogP contribution is -2.28. The van der Waals surface area contributed by atoms with Crippen molar-refractivity contribution in [2.45, 2.75) is 57.3 Å². The summed E-state index contributed by atoms with van der Waals surface area (Å²) in [7, 11) is 0. The minimum Gasteiger partial charge on any atom is -0.389 e. The van der Waals surface area contributed by atoms with Crippen LogP contribution in [0.1, 0.15) is 46.5 Å². The van der Waals surface area contributed by atoms with Crippen LogP contribution in [0.2, 0.25) is 0 Å². The first kappa shape index (κ1) is 11.4.